The first kappa shape index (κ1) is 46.3. The van der Waals surface area contributed by atoms with Crippen LogP contribution in [-0.2, 0) is 28.6 Å². The van der Waals surface area contributed by atoms with Crippen LogP contribution in [0.3, 0.4) is 0 Å². The molecule has 0 heterocycles. The van der Waals surface area contributed by atoms with Crippen LogP contribution in [0.25, 0.3) is 0 Å². The molecule has 0 aromatic carbocycles. The van der Waals surface area contributed by atoms with E-state index >= 15 is 0 Å². The van der Waals surface area contributed by atoms with Crippen LogP contribution in [-0.4, -0.2) is 37.2 Å². The molecular weight excluding hydrogens is 624 g/mol. The molecule has 0 aliphatic heterocycles. The third-order valence-corrected chi connectivity index (χ3v) is 7.31. The average Bonchev–Trinajstić information content (AvgIpc) is 3.11. The van der Waals surface area contributed by atoms with Gasteiger partial charge in [-0.1, -0.05) is 118 Å². The molecule has 0 rings (SSSR count). The van der Waals surface area contributed by atoms with Gasteiger partial charge in [0.15, 0.2) is 6.10 Å². The van der Waals surface area contributed by atoms with Gasteiger partial charge in [0.05, 0.1) is 0 Å². The Morgan fingerprint density at radius 3 is 1.10 bits per heavy atom. The van der Waals surface area contributed by atoms with Gasteiger partial charge in [-0.05, 0) is 103 Å². The molecule has 0 fully saturated rings. The van der Waals surface area contributed by atoms with E-state index in [2.05, 4.69) is 118 Å². The summed E-state index contributed by atoms with van der Waals surface area (Å²) in [6.45, 7) is 6.11. The number of allylic oxidation sites excluding steroid dienone is 16. The maximum Gasteiger partial charge on any atom is 0.306 e. The highest BCUT2D eigenvalue weighted by atomic mass is 16.6. The van der Waals surface area contributed by atoms with Crippen LogP contribution in [0.15, 0.2) is 97.2 Å². The van der Waals surface area contributed by atoms with Gasteiger partial charge in [-0.25, -0.2) is 0 Å². The van der Waals surface area contributed by atoms with Gasteiger partial charge in [0.2, 0.25) is 0 Å². The standard InChI is InChI=1S/C44H68O6/c1-4-7-10-13-16-19-21-23-25-28-31-34-37-43(46)49-40-41(39-48-42(45)36-33-30-27-24-18-15-12-9-6-3)50-44(47)38-35-32-29-26-22-20-17-14-11-8-5-2/h7-12,16-20,23-26,29,41H,4-6,13-15,21-22,27-28,30-40H2,1-3H3/b10-7-,11-8-,12-9-,19-16-,20-17-,24-18-,25-23-,29-26-. The fraction of sp³-hybridized carbons (Fsp3) is 0.568. The zero-order chi connectivity index (χ0) is 36.6. The summed E-state index contributed by atoms with van der Waals surface area (Å²) in [6.07, 6.45) is 48.5. The highest BCUT2D eigenvalue weighted by Gasteiger charge is 2.19. The number of hydrogen-bond donors (Lipinski definition) is 0. The fourth-order valence-corrected chi connectivity index (χ4v) is 4.51. The molecule has 280 valence electrons. The lowest BCUT2D eigenvalue weighted by Crippen LogP contribution is -2.30. The first-order valence-corrected chi connectivity index (χ1v) is 19.2. The highest BCUT2D eigenvalue weighted by molar-refractivity contribution is 5.71. The maximum atomic E-state index is 12.6. The van der Waals surface area contributed by atoms with Crippen LogP contribution >= 0.6 is 0 Å². The summed E-state index contributed by atoms with van der Waals surface area (Å²) in [5.74, 6) is -1.08. The fourth-order valence-electron chi connectivity index (χ4n) is 4.51. The molecule has 0 bridgehead atoms. The van der Waals surface area contributed by atoms with Crippen LogP contribution in [0, 0.1) is 0 Å². The van der Waals surface area contributed by atoms with Crippen LogP contribution in [0.1, 0.15) is 143 Å². The Labute approximate surface area is 305 Å². The van der Waals surface area contributed by atoms with Crippen molar-refractivity contribution in [2.75, 3.05) is 13.2 Å². The largest absolute Gasteiger partial charge is 0.462 e. The molecule has 0 radical (unpaired) electrons. The Morgan fingerprint density at radius 2 is 0.720 bits per heavy atom. The molecule has 0 saturated carbocycles. The molecule has 0 saturated heterocycles. The summed E-state index contributed by atoms with van der Waals surface area (Å²) >= 11 is 0. The monoisotopic (exact) mass is 693 g/mol. The summed E-state index contributed by atoms with van der Waals surface area (Å²) < 4.78 is 16.5. The van der Waals surface area contributed by atoms with E-state index < -0.39 is 12.1 Å². The Kier molecular flexibility index (Phi) is 35.3. The molecular formula is C44H68O6. The summed E-state index contributed by atoms with van der Waals surface area (Å²) in [5.41, 5.74) is 0. The van der Waals surface area contributed by atoms with E-state index in [0.717, 1.165) is 89.9 Å². The normalized spacial score (nSPS) is 13.1. The quantitative estimate of drug-likeness (QED) is 0.0302. The minimum absolute atomic E-state index is 0.130. The van der Waals surface area contributed by atoms with Crippen molar-refractivity contribution in [2.24, 2.45) is 0 Å². The molecule has 0 aromatic heterocycles. The molecule has 0 aliphatic rings. The van der Waals surface area contributed by atoms with Gasteiger partial charge in [-0.15, -0.1) is 0 Å². The van der Waals surface area contributed by atoms with Crippen molar-refractivity contribution in [1.82, 2.24) is 0 Å². The van der Waals surface area contributed by atoms with Gasteiger partial charge in [-0.2, -0.15) is 0 Å². The average molecular weight is 693 g/mol. The Balaban J connectivity index is 4.58. The topological polar surface area (TPSA) is 78.9 Å². The van der Waals surface area contributed by atoms with E-state index in [-0.39, 0.29) is 38.0 Å². The van der Waals surface area contributed by atoms with E-state index in [1.54, 1.807) is 0 Å². The number of esters is 3. The molecule has 0 aromatic rings. The highest BCUT2D eigenvalue weighted by Crippen LogP contribution is 2.09. The summed E-state index contributed by atoms with van der Waals surface area (Å²) in [5, 5.41) is 0. The minimum atomic E-state index is -0.828. The number of rotatable bonds is 32. The lowest BCUT2D eigenvalue weighted by atomic mass is 10.2. The van der Waals surface area contributed by atoms with E-state index in [0.29, 0.717) is 19.3 Å². The second-order valence-electron chi connectivity index (χ2n) is 12.0. The molecule has 0 amide bonds. The molecule has 0 aliphatic carbocycles. The molecule has 6 nitrogen and oxygen atoms in total. The minimum Gasteiger partial charge on any atom is -0.462 e. The Hall–Kier alpha value is -3.67. The first-order valence-electron chi connectivity index (χ1n) is 19.2. The zero-order valence-electron chi connectivity index (χ0n) is 31.6. The number of hydrogen-bond acceptors (Lipinski definition) is 6. The van der Waals surface area contributed by atoms with E-state index in [9.17, 15) is 14.4 Å². The van der Waals surface area contributed by atoms with Gasteiger partial charge in [0.25, 0.3) is 0 Å². The van der Waals surface area contributed by atoms with Crippen molar-refractivity contribution in [3.63, 3.8) is 0 Å². The van der Waals surface area contributed by atoms with Gasteiger partial charge < -0.3 is 14.2 Å². The van der Waals surface area contributed by atoms with Gasteiger partial charge in [0.1, 0.15) is 13.2 Å². The van der Waals surface area contributed by atoms with Crippen LogP contribution < -0.4 is 0 Å². The van der Waals surface area contributed by atoms with E-state index in [4.69, 9.17) is 14.2 Å². The molecule has 0 spiro atoms. The van der Waals surface area contributed by atoms with Crippen molar-refractivity contribution in [3.8, 4) is 0 Å². The summed E-state index contributed by atoms with van der Waals surface area (Å²) in [6, 6.07) is 0. The van der Waals surface area contributed by atoms with Crippen LogP contribution in [0.5, 0.6) is 0 Å². The number of carbonyl (C=O) groups excluding carboxylic acids is 3. The molecule has 50 heavy (non-hydrogen) atoms. The van der Waals surface area contributed by atoms with Crippen LogP contribution in [0.2, 0.25) is 0 Å². The predicted octanol–water partition coefficient (Wildman–Crippen LogP) is 11.9. The second-order valence-corrected chi connectivity index (χ2v) is 12.0. The van der Waals surface area contributed by atoms with Gasteiger partial charge in [0, 0.05) is 19.3 Å². The van der Waals surface area contributed by atoms with Crippen molar-refractivity contribution in [3.05, 3.63) is 97.2 Å². The molecule has 6 heteroatoms. The van der Waals surface area contributed by atoms with Crippen molar-refractivity contribution < 1.29 is 28.6 Å². The lowest BCUT2D eigenvalue weighted by molar-refractivity contribution is -0.167. The lowest BCUT2D eigenvalue weighted by Gasteiger charge is -2.18. The summed E-state index contributed by atoms with van der Waals surface area (Å²) in [7, 11) is 0. The smallest absolute Gasteiger partial charge is 0.306 e. The Bertz CT molecular complexity index is 1070. The molecule has 1 unspecified atom stereocenters. The SMILES string of the molecule is CC/C=C\C/C=C\C/C=C\CCCCC(=O)OCC(COC(=O)CCCC/C=C\C/C=C\CC)OC(=O)CCC/C=C\C/C=C\C/C=C\CC. The molecule has 0 N–H and O–H groups in total. The van der Waals surface area contributed by atoms with Crippen molar-refractivity contribution >= 4 is 17.9 Å². The number of unbranched alkanes of at least 4 members (excludes halogenated alkanes) is 5. The van der Waals surface area contributed by atoms with E-state index in [1.807, 2.05) is 0 Å². The number of ether oxygens (including phenoxy) is 3. The van der Waals surface area contributed by atoms with Gasteiger partial charge >= 0.3 is 17.9 Å². The van der Waals surface area contributed by atoms with E-state index in [1.165, 1.54) is 0 Å². The predicted molar refractivity (Wildman–Crippen MR) is 210 cm³/mol. The maximum absolute atomic E-state index is 12.6. The Morgan fingerprint density at radius 1 is 0.400 bits per heavy atom. The first-order chi connectivity index (χ1) is 24.5. The van der Waals surface area contributed by atoms with Crippen LogP contribution in [0.4, 0.5) is 0 Å². The van der Waals surface area contributed by atoms with Crippen molar-refractivity contribution in [1.29, 1.82) is 0 Å². The van der Waals surface area contributed by atoms with Gasteiger partial charge in [-0.3, -0.25) is 14.4 Å². The zero-order valence-corrected chi connectivity index (χ0v) is 31.6. The third kappa shape index (κ3) is 35.6. The van der Waals surface area contributed by atoms with Crippen molar-refractivity contribution in [2.45, 2.75) is 149 Å². The molecule has 1 atom stereocenters. The third-order valence-electron chi connectivity index (χ3n) is 7.31. The summed E-state index contributed by atoms with van der Waals surface area (Å²) in [4.78, 5) is 37.4. The second kappa shape index (κ2) is 38.1. The number of carbonyl (C=O) groups is 3.